The Kier molecular flexibility index (Phi) is 7.10. The average molecular weight is 329 g/mol. The van der Waals surface area contributed by atoms with Crippen LogP contribution in [0.15, 0.2) is 12.1 Å². The van der Waals surface area contributed by atoms with Crippen molar-refractivity contribution in [2.24, 2.45) is 17.8 Å². The molecule has 0 aliphatic heterocycles. The van der Waals surface area contributed by atoms with Gasteiger partial charge in [0.1, 0.15) is 0 Å². The summed E-state index contributed by atoms with van der Waals surface area (Å²) in [6.45, 7) is 6.34. The lowest BCUT2D eigenvalue weighted by molar-refractivity contribution is 0.187. The molecule has 126 valence electrons. The minimum Gasteiger partial charge on any atom is -0.192 e. The van der Waals surface area contributed by atoms with Crippen LogP contribution in [0.25, 0.3) is 0 Å². The Morgan fingerprint density at radius 3 is 2.35 bits per heavy atom. The molecular weight excluding hydrogens is 297 g/mol. The summed E-state index contributed by atoms with van der Waals surface area (Å²) in [5.41, 5.74) is 3.77. The highest BCUT2D eigenvalue weighted by atomic mass is 31.0. The molecule has 1 fully saturated rings. The third kappa shape index (κ3) is 4.36. The second-order valence-electron chi connectivity index (χ2n) is 7.01. The van der Waals surface area contributed by atoms with Crippen molar-refractivity contribution in [1.29, 1.82) is 5.26 Å². The van der Waals surface area contributed by atoms with Gasteiger partial charge in [-0.1, -0.05) is 46.1 Å². The van der Waals surface area contributed by atoms with Crippen LogP contribution in [-0.4, -0.2) is 0 Å². The summed E-state index contributed by atoms with van der Waals surface area (Å²) in [4.78, 5) is 0. The summed E-state index contributed by atoms with van der Waals surface area (Å²) in [5.74, 6) is 2.83. The zero-order valence-corrected chi connectivity index (χ0v) is 16.2. The molecule has 0 heterocycles. The number of rotatable bonds is 2. The molecule has 3 rings (SSSR count). The van der Waals surface area contributed by atoms with E-state index >= 15 is 0 Å². The van der Waals surface area contributed by atoms with Gasteiger partial charge in [-0.15, -0.1) is 9.24 Å². The van der Waals surface area contributed by atoms with Gasteiger partial charge in [0.25, 0.3) is 0 Å². The van der Waals surface area contributed by atoms with E-state index in [1.54, 1.807) is 0 Å². The third-order valence-electron chi connectivity index (χ3n) is 5.89. The van der Waals surface area contributed by atoms with Crippen molar-refractivity contribution in [3.8, 4) is 6.07 Å². The van der Waals surface area contributed by atoms with E-state index < -0.39 is 0 Å². The molecule has 1 saturated carbocycles. The van der Waals surface area contributed by atoms with E-state index in [1.165, 1.54) is 62.5 Å². The van der Waals surface area contributed by atoms with Gasteiger partial charge in [0.2, 0.25) is 0 Å². The van der Waals surface area contributed by atoms with E-state index in [4.69, 9.17) is 5.26 Å². The SMILES string of the molecule is CC.CCC1CCC(C2CCc3cc(C#N)c(P)cc3C2)CC1. The molecular formula is C21H32NP. The monoisotopic (exact) mass is 329 g/mol. The summed E-state index contributed by atoms with van der Waals surface area (Å²) in [6, 6.07) is 6.69. The van der Waals surface area contributed by atoms with Crippen molar-refractivity contribution >= 4 is 14.5 Å². The van der Waals surface area contributed by atoms with Crippen molar-refractivity contribution in [2.75, 3.05) is 0 Å². The Balaban J connectivity index is 0.000000924. The Bertz CT molecular complexity index is 550. The molecule has 0 amide bonds. The lowest BCUT2D eigenvalue weighted by Crippen LogP contribution is -2.27. The molecule has 1 aromatic carbocycles. The van der Waals surface area contributed by atoms with E-state index in [-0.39, 0.29) is 0 Å². The van der Waals surface area contributed by atoms with Crippen molar-refractivity contribution in [3.05, 3.63) is 28.8 Å². The maximum Gasteiger partial charge on any atom is 0.0998 e. The minimum absolute atomic E-state index is 0.834. The first kappa shape index (κ1) is 18.5. The van der Waals surface area contributed by atoms with Gasteiger partial charge in [0.05, 0.1) is 11.6 Å². The van der Waals surface area contributed by atoms with Gasteiger partial charge in [-0.3, -0.25) is 0 Å². The first-order chi connectivity index (χ1) is 11.2. The van der Waals surface area contributed by atoms with Gasteiger partial charge >= 0.3 is 0 Å². The van der Waals surface area contributed by atoms with Crippen molar-refractivity contribution in [1.82, 2.24) is 0 Å². The molecule has 0 N–H and O–H groups in total. The molecule has 1 aromatic rings. The third-order valence-corrected chi connectivity index (χ3v) is 6.37. The number of benzene rings is 1. The number of hydrogen-bond donors (Lipinski definition) is 0. The maximum absolute atomic E-state index is 9.16. The summed E-state index contributed by atoms with van der Waals surface area (Å²) >= 11 is 0. The lowest BCUT2D eigenvalue weighted by Gasteiger charge is -2.36. The largest absolute Gasteiger partial charge is 0.192 e. The van der Waals surface area contributed by atoms with Gasteiger partial charge in [0.15, 0.2) is 0 Å². The van der Waals surface area contributed by atoms with Gasteiger partial charge in [-0.05, 0) is 72.4 Å². The van der Waals surface area contributed by atoms with E-state index in [0.29, 0.717) is 0 Å². The predicted molar refractivity (Wildman–Crippen MR) is 103 cm³/mol. The first-order valence-electron chi connectivity index (χ1n) is 9.52. The van der Waals surface area contributed by atoms with Gasteiger partial charge in [0, 0.05) is 0 Å². The van der Waals surface area contributed by atoms with Gasteiger partial charge in [-0.2, -0.15) is 5.26 Å². The lowest BCUT2D eigenvalue weighted by atomic mass is 9.69. The highest BCUT2D eigenvalue weighted by molar-refractivity contribution is 7.27. The maximum atomic E-state index is 9.16. The number of aryl methyl sites for hydroxylation is 1. The normalized spacial score (nSPS) is 26.5. The van der Waals surface area contributed by atoms with Crippen LogP contribution in [0.1, 0.15) is 76.0 Å². The minimum atomic E-state index is 0.834. The Labute approximate surface area is 145 Å². The summed E-state index contributed by atoms with van der Waals surface area (Å²) in [7, 11) is 2.73. The topological polar surface area (TPSA) is 23.8 Å². The quantitative estimate of drug-likeness (QED) is 0.666. The average Bonchev–Trinajstić information content (AvgIpc) is 2.62. The van der Waals surface area contributed by atoms with Gasteiger partial charge < -0.3 is 0 Å². The summed E-state index contributed by atoms with van der Waals surface area (Å²) in [6.07, 6.45) is 10.9. The van der Waals surface area contributed by atoms with Crippen LogP contribution in [0.4, 0.5) is 0 Å². The zero-order chi connectivity index (χ0) is 16.8. The molecule has 2 unspecified atom stereocenters. The number of nitriles is 1. The molecule has 1 nitrogen and oxygen atoms in total. The van der Waals surface area contributed by atoms with Crippen LogP contribution in [0.5, 0.6) is 0 Å². The fourth-order valence-corrected chi connectivity index (χ4v) is 4.77. The standard InChI is InChI=1S/C19H26NP.C2H6/c1-2-13-3-5-14(6-4-13)15-7-8-16-10-18(12-20)19(21)11-17(16)9-15;1-2/h10-11,13-15H,2-9,21H2,1H3;1-2H3. The highest BCUT2D eigenvalue weighted by Crippen LogP contribution is 2.40. The van der Waals surface area contributed by atoms with Crippen molar-refractivity contribution in [3.63, 3.8) is 0 Å². The van der Waals surface area contributed by atoms with E-state index in [0.717, 1.165) is 28.6 Å². The molecule has 0 spiro atoms. The predicted octanol–water partition coefficient (Wildman–Crippen LogP) is 5.41. The summed E-state index contributed by atoms with van der Waals surface area (Å²) in [5, 5.41) is 10.2. The molecule has 0 saturated heterocycles. The van der Waals surface area contributed by atoms with Crippen molar-refractivity contribution < 1.29 is 0 Å². The van der Waals surface area contributed by atoms with Crippen LogP contribution in [0, 0.1) is 29.1 Å². The molecule has 2 heteroatoms. The molecule has 0 aromatic heterocycles. The van der Waals surface area contributed by atoms with E-state index in [2.05, 4.69) is 34.4 Å². The molecule has 2 atom stereocenters. The molecule has 0 radical (unpaired) electrons. The van der Waals surface area contributed by atoms with Crippen LogP contribution in [0.3, 0.4) is 0 Å². The first-order valence-corrected chi connectivity index (χ1v) is 10.1. The van der Waals surface area contributed by atoms with E-state index in [1.807, 2.05) is 13.8 Å². The number of hydrogen-bond acceptors (Lipinski definition) is 1. The Morgan fingerprint density at radius 2 is 1.74 bits per heavy atom. The fraction of sp³-hybridized carbons (Fsp3) is 0.667. The highest BCUT2D eigenvalue weighted by Gasteiger charge is 2.29. The zero-order valence-electron chi connectivity index (χ0n) is 15.1. The number of nitrogens with zero attached hydrogens (tertiary/aromatic N) is 1. The van der Waals surface area contributed by atoms with Crippen LogP contribution in [0.2, 0.25) is 0 Å². The van der Waals surface area contributed by atoms with Crippen LogP contribution >= 0.6 is 9.24 Å². The van der Waals surface area contributed by atoms with Crippen LogP contribution < -0.4 is 5.30 Å². The summed E-state index contributed by atoms with van der Waals surface area (Å²) < 4.78 is 0. The molecule has 23 heavy (non-hydrogen) atoms. The second kappa shape index (κ2) is 8.84. The van der Waals surface area contributed by atoms with Gasteiger partial charge in [-0.25, -0.2) is 0 Å². The molecule has 2 aliphatic rings. The number of fused-ring (bicyclic) bond motifs is 1. The Hall–Kier alpha value is -0.860. The molecule has 0 bridgehead atoms. The van der Waals surface area contributed by atoms with Crippen LogP contribution in [-0.2, 0) is 12.8 Å². The second-order valence-corrected chi connectivity index (χ2v) is 7.63. The Morgan fingerprint density at radius 1 is 1.04 bits per heavy atom. The van der Waals surface area contributed by atoms with E-state index in [9.17, 15) is 0 Å². The molecule has 2 aliphatic carbocycles. The van der Waals surface area contributed by atoms with Crippen molar-refractivity contribution in [2.45, 2.75) is 72.1 Å². The fourth-order valence-electron chi connectivity index (χ4n) is 4.42. The smallest absolute Gasteiger partial charge is 0.0998 e.